The Hall–Kier alpha value is -1.82. The molecular formula is C16H19BrN2O3. The van der Waals surface area contributed by atoms with E-state index >= 15 is 0 Å². The normalized spacial score (nSPS) is 17.8. The third-order valence-corrected chi connectivity index (χ3v) is 3.82. The zero-order chi connectivity index (χ0) is 16.1. The zero-order valence-corrected chi connectivity index (χ0v) is 14.2. The molecule has 118 valence electrons. The summed E-state index contributed by atoms with van der Waals surface area (Å²) in [6.45, 7) is 4.06. The molecule has 22 heavy (non-hydrogen) atoms. The van der Waals surface area contributed by atoms with Gasteiger partial charge in [0.1, 0.15) is 0 Å². The van der Waals surface area contributed by atoms with E-state index in [1.54, 1.807) is 6.92 Å². The topological polar surface area (TPSA) is 67.4 Å². The predicted molar refractivity (Wildman–Crippen MR) is 87.1 cm³/mol. The van der Waals surface area contributed by atoms with Crippen molar-refractivity contribution in [2.75, 3.05) is 6.61 Å². The van der Waals surface area contributed by atoms with Crippen molar-refractivity contribution in [2.45, 2.75) is 32.7 Å². The van der Waals surface area contributed by atoms with Gasteiger partial charge in [0, 0.05) is 10.2 Å². The third-order valence-electron chi connectivity index (χ3n) is 3.33. The number of amides is 2. The highest BCUT2D eigenvalue weighted by atomic mass is 79.9. The molecule has 0 spiro atoms. The van der Waals surface area contributed by atoms with Crippen molar-refractivity contribution in [1.29, 1.82) is 0 Å². The summed E-state index contributed by atoms with van der Waals surface area (Å²) < 4.78 is 6.06. The van der Waals surface area contributed by atoms with Crippen LogP contribution in [0.25, 0.3) is 0 Å². The second-order valence-corrected chi connectivity index (χ2v) is 5.86. The fourth-order valence-corrected chi connectivity index (χ4v) is 2.87. The summed E-state index contributed by atoms with van der Waals surface area (Å²) >= 11 is 3.42. The molecule has 0 radical (unpaired) electrons. The van der Waals surface area contributed by atoms with Crippen LogP contribution in [0, 0.1) is 0 Å². The van der Waals surface area contributed by atoms with Gasteiger partial charge in [-0.25, -0.2) is 9.59 Å². The van der Waals surface area contributed by atoms with Crippen LogP contribution < -0.4 is 10.6 Å². The lowest BCUT2D eigenvalue weighted by Crippen LogP contribution is -2.46. The Kier molecular flexibility index (Phi) is 5.60. The van der Waals surface area contributed by atoms with Crippen LogP contribution in [-0.4, -0.2) is 18.6 Å². The molecule has 0 aromatic heterocycles. The SMILES string of the molecule is CCCC1=C(C(=O)OCC)[C@@H](c2cccc(Br)c2)NC(=O)N1. The zero-order valence-electron chi connectivity index (χ0n) is 12.6. The molecule has 2 rings (SSSR count). The minimum Gasteiger partial charge on any atom is -0.463 e. The Morgan fingerprint density at radius 1 is 1.36 bits per heavy atom. The van der Waals surface area contributed by atoms with Crippen LogP contribution in [0.4, 0.5) is 4.79 Å². The molecule has 6 heteroatoms. The largest absolute Gasteiger partial charge is 0.463 e. The molecule has 1 aliphatic heterocycles. The molecule has 0 fully saturated rings. The number of carbonyl (C=O) groups excluding carboxylic acids is 2. The number of hydrogen-bond donors (Lipinski definition) is 2. The summed E-state index contributed by atoms with van der Waals surface area (Å²) in [5.41, 5.74) is 1.94. The molecule has 0 saturated carbocycles. The van der Waals surface area contributed by atoms with Gasteiger partial charge in [0.25, 0.3) is 0 Å². The van der Waals surface area contributed by atoms with Crippen LogP contribution in [0.15, 0.2) is 40.0 Å². The lowest BCUT2D eigenvalue weighted by atomic mass is 9.94. The van der Waals surface area contributed by atoms with Crippen molar-refractivity contribution in [3.8, 4) is 0 Å². The number of esters is 1. The standard InChI is InChI=1S/C16H19BrN2O3/c1-3-6-12-13(15(20)22-4-2)14(19-16(21)18-12)10-7-5-8-11(17)9-10/h5,7-9,14H,3-4,6H2,1-2H3,(H2,18,19,21)/t14-/m1/s1. The Morgan fingerprint density at radius 2 is 2.14 bits per heavy atom. The van der Waals surface area contributed by atoms with E-state index < -0.39 is 12.0 Å². The molecule has 5 nitrogen and oxygen atoms in total. The maximum absolute atomic E-state index is 12.4. The predicted octanol–water partition coefficient (Wildman–Crippen LogP) is 3.42. The lowest BCUT2D eigenvalue weighted by molar-refractivity contribution is -0.139. The van der Waals surface area contributed by atoms with Crippen LogP contribution in [-0.2, 0) is 9.53 Å². The maximum Gasteiger partial charge on any atom is 0.338 e. The first-order valence-corrected chi connectivity index (χ1v) is 8.09. The lowest BCUT2D eigenvalue weighted by Gasteiger charge is -2.29. The van der Waals surface area contributed by atoms with Crippen molar-refractivity contribution < 1.29 is 14.3 Å². The van der Waals surface area contributed by atoms with Crippen LogP contribution in [0.5, 0.6) is 0 Å². The van der Waals surface area contributed by atoms with Crippen molar-refractivity contribution >= 4 is 27.9 Å². The van der Waals surface area contributed by atoms with Gasteiger partial charge in [0.2, 0.25) is 0 Å². The van der Waals surface area contributed by atoms with Gasteiger partial charge >= 0.3 is 12.0 Å². The highest BCUT2D eigenvalue weighted by Gasteiger charge is 2.33. The molecule has 0 bridgehead atoms. The Morgan fingerprint density at radius 3 is 2.77 bits per heavy atom. The molecule has 0 unspecified atom stereocenters. The number of carbonyl (C=O) groups is 2. The van der Waals surface area contributed by atoms with E-state index in [1.807, 2.05) is 31.2 Å². The average molecular weight is 367 g/mol. The number of rotatable bonds is 5. The molecule has 0 saturated heterocycles. The third kappa shape index (κ3) is 3.68. The maximum atomic E-state index is 12.4. The number of allylic oxidation sites excluding steroid dienone is 1. The number of halogens is 1. The number of benzene rings is 1. The summed E-state index contributed by atoms with van der Waals surface area (Å²) in [6, 6.07) is 6.72. The second-order valence-electron chi connectivity index (χ2n) is 4.95. The monoisotopic (exact) mass is 366 g/mol. The van der Waals surface area contributed by atoms with E-state index in [-0.39, 0.29) is 6.03 Å². The molecule has 1 aliphatic rings. The summed E-state index contributed by atoms with van der Waals surface area (Å²) in [5.74, 6) is -0.400. The number of ether oxygens (including phenoxy) is 1. The van der Waals surface area contributed by atoms with E-state index in [9.17, 15) is 9.59 Å². The van der Waals surface area contributed by atoms with Gasteiger partial charge in [0.15, 0.2) is 0 Å². The summed E-state index contributed by atoms with van der Waals surface area (Å²) in [5, 5.41) is 5.55. The van der Waals surface area contributed by atoms with E-state index in [4.69, 9.17) is 4.74 Å². The Labute approximate surface area is 138 Å². The van der Waals surface area contributed by atoms with Gasteiger partial charge in [-0.15, -0.1) is 0 Å². The molecule has 2 amide bonds. The smallest absolute Gasteiger partial charge is 0.338 e. The summed E-state index contributed by atoms with van der Waals surface area (Å²) in [4.78, 5) is 24.3. The van der Waals surface area contributed by atoms with Crippen LogP contribution in [0.1, 0.15) is 38.3 Å². The van der Waals surface area contributed by atoms with Gasteiger partial charge in [-0.1, -0.05) is 41.4 Å². The van der Waals surface area contributed by atoms with Gasteiger partial charge in [-0.2, -0.15) is 0 Å². The minimum absolute atomic E-state index is 0.293. The van der Waals surface area contributed by atoms with Crippen molar-refractivity contribution in [1.82, 2.24) is 10.6 Å². The highest BCUT2D eigenvalue weighted by molar-refractivity contribution is 9.10. The minimum atomic E-state index is -0.508. The summed E-state index contributed by atoms with van der Waals surface area (Å²) in [7, 11) is 0. The van der Waals surface area contributed by atoms with Crippen molar-refractivity contribution in [2.24, 2.45) is 0 Å². The molecular weight excluding hydrogens is 348 g/mol. The van der Waals surface area contributed by atoms with Crippen LogP contribution in [0.2, 0.25) is 0 Å². The molecule has 2 N–H and O–H groups in total. The molecule has 0 aliphatic carbocycles. The van der Waals surface area contributed by atoms with E-state index in [1.165, 1.54) is 0 Å². The molecule has 1 atom stereocenters. The molecule has 1 heterocycles. The fraction of sp³-hybridized carbons (Fsp3) is 0.375. The number of hydrogen-bond acceptors (Lipinski definition) is 3. The first-order valence-electron chi connectivity index (χ1n) is 7.30. The van der Waals surface area contributed by atoms with Gasteiger partial charge in [-0.3, -0.25) is 0 Å². The van der Waals surface area contributed by atoms with Crippen LogP contribution >= 0.6 is 15.9 Å². The first-order chi connectivity index (χ1) is 10.6. The van der Waals surface area contributed by atoms with Crippen molar-refractivity contribution in [3.05, 3.63) is 45.6 Å². The summed E-state index contributed by atoms with van der Waals surface area (Å²) in [6.07, 6.45) is 1.44. The quantitative estimate of drug-likeness (QED) is 0.784. The number of nitrogens with one attached hydrogen (secondary N) is 2. The second kappa shape index (κ2) is 7.45. The van der Waals surface area contributed by atoms with Gasteiger partial charge in [0.05, 0.1) is 18.2 Å². The van der Waals surface area contributed by atoms with Crippen LogP contribution in [0.3, 0.4) is 0 Å². The van der Waals surface area contributed by atoms with E-state index in [2.05, 4.69) is 26.6 Å². The van der Waals surface area contributed by atoms with E-state index in [0.29, 0.717) is 24.3 Å². The molecule has 1 aromatic carbocycles. The van der Waals surface area contributed by atoms with Gasteiger partial charge in [-0.05, 0) is 31.0 Å². The van der Waals surface area contributed by atoms with E-state index in [0.717, 1.165) is 16.5 Å². The fourth-order valence-electron chi connectivity index (χ4n) is 2.45. The molecule has 1 aromatic rings. The van der Waals surface area contributed by atoms with Gasteiger partial charge < -0.3 is 15.4 Å². The first kappa shape index (κ1) is 16.5. The van der Waals surface area contributed by atoms with Crippen molar-refractivity contribution in [3.63, 3.8) is 0 Å². The number of urea groups is 1. The average Bonchev–Trinajstić information content (AvgIpc) is 2.47. The Balaban J connectivity index is 2.49. The highest BCUT2D eigenvalue weighted by Crippen LogP contribution is 2.30. The Bertz CT molecular complexity index is 613.